The van der Waals surface area contributed by atoms with Crippen molar-refractivity contribution in [2.45, 2.75) is 12.1 Å². The highest BCUT2D eigenvalue weighted by atomic mass is 32.2. The smallest absolute Gasteiger partial charge is 0.266 e. The molecule has 0 aliphatic carbocycles. The van der Waals surface area contributed by atoms with Crippen LogP contribution < -0.4 is 11.0 Å². The predicted octanol–water partition coefficient (Wildman–Crippen LogP) is 4.16. The number of thioether (sulfide) groups is 1. The Morgan fingerprint density at radius 2 is 1.72 bits per heavy atom. The van der Waals surface area contributed by atoms with Crippen LogP contribution in [0.1, 0.15) is 12.5 Å². The summed E-state index contributed by atoms with van der Waals surface area (Å²) in [5, 5.41) is 4.99. The molecule has 32 heavy (non-hydrogen) atoms. The topological polar surface area (TPSA) is 76.3 Å². The first-order valence-corrected chi connectivity index (χ1v) is 10.8. The van der Waals surface area contributed by atoms with E-state index in [1.807, 2.05) is 36.4 Å². The van der Waals surface area contributed by atoms with Gasteiger partial charge in [-0.15, -0.1) is 0 Å². The molecule has 4 aromatic rings. The van der Waals surface area contributed by atoms with Crippen LogP contribution >= 0.6 is 11.8 Å². The Bertz CT molecular complexity index is 1350. The Morgan fingerprint density at radius 3 is 2.47 bits per heavy atom. The molecule has 8 heteroatoms. The van der Waals surface area contributed by atoms with E-state index in [4.69, 9.17) is 0 Å². The van der Waals surface area contributed by atoms with Gasteiger partial charge in [0.15, 0.2) is 5.16 Å². The van der Waals surface area contributed by atoms with E-state index in [1.54, 1.807) is 37.3 Å². The molecular weight excluding hydrogens is 427 g/mol. The number of hydrogen-bond donors (Lipinski definition) is 1. The molecule has 0 aliphatic heterocycles. The average Bonchev–Trinajstić information content (AvgIpc) is 2.82. The quantitative estimate of drug-likeness (QED) is 0.209. The highest BCUT2D eigenvalue weighted by Crippen LogP contribution is 2.21. The molecule has 0 bridgehead atoms. The minimum absolute atomic E-state index is 0.0117. The van der Waals surface area contributed by atoms with Crippen LogP contribution in [0, 0.1) is 5.82 Å². The van der Waals surface area contributed by atoms with Crippen molar-refractivity contribution in [3.05, 3.63) is 101 Å². The first-order chi connectivity index (χ1) is 15.5. The van der Waals surface area contributed by atoms with Gasteiger partial charge in [-0.3, -0.25) is 14.2 Å². The summed E-state index contributed by atoms with van der Waals surface area (Å²) in [7, 11) is 0. The third-order valence-corrected chi connectivity index (χ3v) is 5.64. The number of nitrogens with one attached hydrogen (secondary N) is 1. The van der Waals surface area contributed by atoms with Gasteiger partial charge < -0.3 is 0 Å². The van der Waals surface area contributed by atoms with Gasteiger partial charge in [0.2, 0.25) is 0 Å². The molecule has 0 spiro atoms. The molecule has 1 amide bonds. The first-order valence-electron chi connectivity index (χ1n) is 9.82. The summed E-state index contributed by atoms with van der Waals surface area (Å²) in [4.78, 5) is 30.1. The Labute approximate surface area is 187 Å². The molecule has 0 unspecified atom stereocenters. The lowest BCUT2D eigenvalue weighted by atomic mass is 10.1. The summed E-state index contributed by atoms with van der Waals surface area (Å²) in [6, 6.07) is 22.1. The van der Waals surface area contributed by atoms with Crippen LogP contribution in [0.5, 0.6) is 0 Å². The molecule has 160 valence electrons. The van der Waals surface area contributed by atoms with Crippen molar-refractivity contribution in [1.82, 2.24) is 15.0 Å². The number of rotatable bonds is 6. The summed E-state index contributed by atoms with van der Waals surface area (Å²) in [6.45, 7) is 1.72. The maximum atomic E-state index is 13.2. The monoisotopic (exact) mass is 446 g/mol. The van der Waals surface area contributed by atoms with E-state index < -0.39 is 0 Å². The zero-order valence-corrected chi connectivity index (χ0v) is 18.0. The average molecular weight is 447 g/mol. The number of hydrazone groups is 1. The maximum Gasteiger partial charge on any atom is 0.266 e. The fourth-order valence-electron chi connectivity index (χ4n) is 3.08. The van der Waals surface area contributed by atoms with E-state index in [0.717, 1.165) is 11.8 Å². The zero-order chi connectivity index (χ0) is 22.5. The summed E-state index contributed by atoms with van der Waals surface area (Å²) in [5.74, 6) is -0.675. The van der Waals surface area contributed by atoms with Crippen molar-refractivity contribution in [2.75, 3.05) is 5.75 Å². The molecule has 0 fully saturated rings. The lowest BCUT2D eigenvalue weighted by Gasteiger charge is -2.13. The van der Waals surface area contributed by atoms with Gasteiger partial charge in [0.05, 0.1) is 28.1 Å². The molecular formula is C24H19FN4O2S. The van der Waals surface area contributed by atoms with Crippen molar-refractivity contribution < 1.29 is 9.18 Å². The van der Waals surface area contributed by atoms with Gasteiger partial charge in [0.25, 0.3) is 11.5 Å². The zero-order valence-electron chi connectivity index (χ0n) is 17.2. The third kappa shape index (κ3) is 4.76. The fraction of sp³-hybridized carbons (Fsp3) is 0.0833. The van der Waals surface area contributed by atoms with Gasteiger partial charge >= 0.3 is 0 Å². The molecule has 3 aromatic carbocycles. The van der Waals surface area contributed by atoms with Crippen LogP contribution in [0.15, 0.2) is 93.9 Å². The van der Waals surface area contributed by atoms with E-state index in [9.17, 15) is 14.0 Å². The largest absolute Gasteiger partial charge is 0.272 e. The van der Waals surface area contributed by atoms with Gasteiger partial charge in [-0.1, -0.05) is 54.2 Å². The predicted molar refractivity (Wildman–Crippen MR) is 125 cm³/mol. The van der Waals surface area contributed by atoms with Gasteiger partial charge in [-0.05, 0) is 48.9 Å². The van der Waals surface area contributed by atoms with Crippen molar-refractivity contribution in [3.8, 4) is 5.69 Å². The van der Waals surface area contributed by atoms with E-state index in [-0.39, 0.29) is 23.0 Å². The van der Waals surface area contributed by atoms with Crippen LogP contribution in [0.4, 0.5) is 4.39 Å². The number of fused-ring (bicyclic) bond motifs is 1. The standard InChI is InChI=1S/C24H19FN4O2S/c1-16(17-11-13-18(25)14-12-17)27-28-22(30)15-32-24-26-21-10-6-5-9-20(21)23(31)29(24)19-7-3-2-4-8-19/h2-14H,15H2,1H3,(H,28,30). The summed E-state index contributed by atoms with van der Waals surface area (Å²) in [6.07, 6.45) is 0. The number of halogens is 1. The van der Waals surface area contributed by atoms with Crippen molar-refractivity contribution in [2.24, 2.45) is 5.10 Å². The van der Waals surface area contributed by atoms with Crippen LogP contribution in [0.25, 0.3) is 16.6 Å². The van der Waals surface area contributed by atoms with Gasteiger partial charge in [0.1, 0.15) is 5.82 Å². The molecule has 1 aromatic heterocycles. The molecule has 0 saturated carbocycles. The minimum atomic E-state index is -0.349. The Hall–Kier alpha value is -3.78. The van der Waals surface area contributed by atoms with E-state index in [0.29, 0.717) is 33.0 Å². The van der Waals surface area contributed by atoms with Gasteiger partial charge in [0, 0.05) is 0 Å². The molecule has 0 aliphatic rings. The third-order valence-electron chi connectivity index (χ3n) is 4.70. The van der Waals surface area contributed by atoms with E-state index in [1.165, 1.54) is 16.7 Å². The van der Waals surface area contributed by atoms with Crippen molar-refractivity contribution in [3.63, 3.8) is 0 Å². The van der Waals surface area contributed by atoms with Crippen LogP contribution in [0.3, 0.4) is 0 Å². The lowest BCUT2D eigenvalue weighted by Crippen LogP contribution is -2.24. The van der Waals surface area contributed by atoms with Crippen LogP contribution in [0.2, 0.25) is 0 Å². The number of aromatic nitrogens is 2. The summed E-state index contributed by atoms with van der Waals surface area (Å²) >= 11 is 1.15. The fourth-order valence-corrected chi connectivity index (χ4v) is 3.88. The second-order valence-electron chi connectivity index (χ2n) is 6.92. The maximum absolute atomic E-state index is 13.2. The number of para-hydroxylation sites is 2. The molecule has 0 saturated heterocycles. The molecule has 1 N–H and O–H groups in total. The lowest BCUT2D eigenvalue weighted by molar-refractivity contribution is -0.118. The van der Waals surface area contributed by atoms with Gasteiger partial charge in [-0.2, -0.15) is 5.10 Å². The molecule has 0 radical (unpaired) electrons. The number of nitrogens with zero attached hydrogens (tertiary/aromatic N) is 3. The minimum Gasteiger partial charge on any atom is -0.272 e. The van der Waals surface area contributed by atoms with E-state index in [2.05, 4.69) is 15.5 Å². The molecule has 4 rings (SSSR count). The number of amides is 1. The Kier molecular flexibility index (Phi) is 6.42. The normalized spacial score (nSPS) is 11.5. The van der Waals surface area contributed by atoms with Gasteiger partial charge in [-0.25, -0.2) is 14.8 Å². The van der Waals surface area contributed by atoms with E-state index >= 15 is 0 Å². The molecule has 0 atom stereocenters. The second kappa shape index (κ2) is 9.57. The highest BCUT2D eigenvalue weighted by Gasteiger charge is 2.14. The Morgan fingerprint density at radius 1 is 1.03 bits per heavy atom. The van der Waals surface area contributed by atoms with Crippen LogP contribution in [-0.4, -0.2) is 26.9 Å². The number of benzene rings is 3. The van der Waals surface area contributed by atoms with Crippen molar-refractivity contribution in [1.29, 1.82) is 0 Å². The Balaban J connectivity index is 1.56. The second-order valence-corrected chi connectivity index (χ2v) is 7.86. The number of carbonyl (C=O) groups is 1. The van der Waals surface area contributed by atoms with Crippen molar-refractivity contribution >= 4 is 34.3 Å². The number of carbonyl (C=O) groups excluding carboxylic acids is 1. The number of hydrogen-bond acceptors (Lipinski definition) is 5. The molecule has 1 heterocycles. The molecule has 6 nitrogen and oxygen atoms in total. The summed E-state index contributed by atoms with van der Waals surface area (Å²) in [5.41, 5.74) is 4.79. The van der Waals surface area contributed by atoms with Crippen LogP contribution in [-0.2, 0) is 4.79 Å². The first kappa shape index (κ1) is 21.5. The highest BCUT2D eigenvalue weighted by molar-refractivity contribution is 7.99. The SMILES string of the molecule is CC(=NNC(=O)CSc1nc2ccccc2c(=O)n1-c1ccccc1)c1ccc(F)cc1. The summed E-state index contributed by atoms with van der Waals surface area (Å²) < 4.78 is 14.6.